The van der Waals surface area contributed by atoms with Gasteiger partial charge in [0.25, 0.3) is 0 Å². The molecule has 0 aromatic carbocycles. The van der Waals surface area contributed by atoms with Crippen molar-refractivity contribution in [3.05, 3.63) is 30.1 Å². The smallest absolute Gasteiger partial charge is 0.0312 e. The number of pyridine rings is 1. The fourth-order valence-corrected chi connectivity index (χ4v) is 5.55. The molecule has 2 aliphatic rings. The quantitative estimate of drug-likeness (QED) is 0.919. The Morgan fingerprint density at radius 1 is 1.24 bits per heavy atom. The van der Waals surface area contributed by atoms with E-state index in [4.69, 9.17) is 0 Å². The van der Waals surface area contributed by atoms with Crippen LogP contribution in [0.5, 0.6) is 0 Å². The molecule has 0 spiro atoms. The van der Waals surface area contributed by atoms with Crippen molar-refractivity contribution in [2.24, 2.45) is 0 Å². The molecule has 21 heavy (non-hydrogen) atoms. The van der Waals surface area contributed by atoms with Crippen LogP contribution in [0, 0.1) is 0 Å². The van der Waals surface area contributed by atoms with E-state index in [0.29, 0.717) is 12.1 Å². The minimum atomic E-state index is 0.666. The Kier molecular flexibility index (Phi) is 6.27. The molecule has 0 saturated carbocycles. The third-order valence-electron chi connectivity index (χ3n) is 4.12. The normalized spacial score (nSPS) is 25.6. The van der Waals surface area contributed by atoms with Gasteiger partial charge in [-0.3, -0.25) is 9.88 Å². The number of piperidine rings is 1. The van der Waals surface area contributed by atoms with E-state index < -0.39 is 0 Å². The number of thioether (sulfide) groups is 2. The third-order valence-corrected chi connectivity index (χ3v) is 6.64. The van der Waals surface area contributed by atoms with Gasteiger partial charge in [0.15, 0.2) is 0 Å². The van der Waals surface area contributed by atoms with E-state index >= 15 is 0 Å². The second-order valence-corrected chi connectivity index (χ2v) is 8.25. The van der Waals surface area contributed by atoms with Crippen LogP contribution in [0.15, 0.2) is 24.5 Å². The van der Waals surface area contributed by atoms with Gasteiger partial charge >= 0.3 is 0 Å². The van der Waals surface area contributed by atoms with Crippen molar-refractivity contribution in [3.8, 4) is 0 Å². The average Bonchev–Trinajstić information content (AvgIpc) is 2.77. The fraction of sp³-hybridized carbons (Fsp3) is 0.688. The zero-order valence-corrected chi connectivity index (χ0v) is 14.2. The molecule has 5 heteroatoms. The van der Waals surface area contributed by atoms with Crippen molar-refractivity contribution in [1.29, 1.82) is 0 Å². The van der Waals surface area contributed by atoms with Crippen molar-refractivity contribution in [2.75, 3.05) is 36.1 Å². The topological polar surface area (TPSA) is 28.2 Å². The van der Waals surface area contributed by atoms with Gasteiger partial charge in [-0.15, -0.1) is 0 Å². The van der Waals surface area contributed by atoms with Crippen molar-refractivity contribution in [2.45, 2.75) is 31.5 Å². The first-order valence-electron chi connectivity index (χ1n) is 7.93. The monoisotopic (exact) mass is 323 g/mol. The Hall–Kier alpha value is -0.230. The Bertz CT molecular complexity index is 407. The number of nitrogens with one attached hydrogen (secondary N) is 1. The van der Waals surface area contributed by atoms with Crippen molar-refractivity contribution < 1.29 is 0 Å². The second kappa shape index (κ2) is 8.42. The maximum absolute atomic E-state index is 4.23. The summed E-state index contributed by atoms with van der Waals surface area (Å²) in [6.45, 7) is 3.45. The summed E-state index contributed by atoms with van der Waals surface area (Å²) in [6, 6.07) is 5.59. The molecule has 0 unspecified atom stereocenters. The van der Waals surface area contributed by atoms with Crippen LogP contribution in [-0.4, -0.2) is 58.1 Å². The lowest BCUT2D eigenvalue weighted by atomic mass is 10.0. The van der Waals surface area contributed by atoms with Crippen LogP contribution in [0.2, 0.25) is 0 Å². The second-order valence-electron chi connectivity index (χ2n) is 5.95. The first-order valence-corrected chi connectivity index (χ1v) is 10.2. The summed E-state index contributed by atoms with van der Waals surface area (Å²) >= 11 is 4.22. The predicted octanol–water partition coefficient (Wildman–Crippen LogP) is 2.48. The number of nitrogens with zero attached hydrogens (tertiary/aromatic N) is 2. The third kappa shape index (κ3) is 5.16. The zero-order valence-electron chi connectivity index (χ0n) is 12.5. The molecular formula is C16H25N3S2. The summed E-state index contributed by atoms with van der Waals surface area (Å²) in [5.41, 5.74) is 1.33. The summed E-state index contributed by atoms with van der Waals surface area (Å²) in [5, 5.41) is 3.91. The van der Waals surface area contributed by atoms with E-state index in [9.17, 15) is 0 Å². The molecule has 116 valence electrons. The van der Waals surface area contributed by atoms with E-state index in [0.717, 1.165) is 6.54 Å². The van der Waals surface area contributed by atoms with Gasteiger partial charge in [-0.2, -0.15) is 23.5 Å². The van der Waals surface area contributed by atoms with Gasteiger partial charge in [0, 0.05) is 60.6 Å². The van der Waals surface area contributed by atoms with Crippen LogP contribution in [0.25, 0.3) is 0 Å². The van der Waals surface area contributed by atoms with Gasteiger partial charge in [-0.25, -0.2) is 0 Å². The Balaban J connectivity index is 1.48. The summed E-state index contributed by atoms with van der Waals surface area (Å²) in [5.74, 6) is 5.21. The van der Waals surface area contributed by atoms with Crippen LogP contribution >= 0.6 is 23.5 Å². The Morgan fingerprint density at radius 3 is 2.86 bits per heavy atom. The Labute approximate surface area is 136 Å². The van der Waals surface area contributed by atoms with E-state index in [2.05, 4.69) is 44.8 Å². The molecule has 2 saturated heterocycles. The lowest BCUT2D eigenvalue weighted by Crippen LogP contribution is -2.50. The predicted molar refractivity (Wildman–Crippen MR) is 94.1 cm³/mol. The Morgan fingerprint density at radius 2 is 2.10 bits per heavy atom. The number of likely N-dealkylation sites (tertiary alicyclic amines) is 1. The van der Waals surface area contributed by atoms with Crippen LogP contribution in [0.4, 0.5) is 0 Å². The van der Waals surface area contributed by atoms with Gasteiger partial charge in [0.2, 0.25) is 0 Å². The summed E-state index contributed by atoms with van der Waals surface area (Å²) in [6.07, 6.45) is 6.49. The lowest BCUT2D eigenvalue weighted by Gasteiger charge is -2.35. The maximum atomic E-state index is 4.23. The molecule has 2 aliphatic heterocycles. The minimum absolute atomic E-state index is 0.666. The standard InChI is InChI=1S/C16H25N3S2/c1-3-14(9-17-5-1)10-19-6-2-4-15(11-19)18-16-12-20-7-8-21-13-16/h1,3,5,9,15-16,18H,2,4,6-8,10-13H2/t15-/m1/s1. The fourth-order valence-electron chi connectivity index (χ4n) is 3.13. The first-order chi connectivity index (χ1) is 10.4. The minimum Gasteiger partial charge on any atom is -0.308 e. The number of hydrogen-bond acceptors (Lipinski definition) is 5. The highest BCUT2D eigenvalue weighted by Gasteiger charge is 2.23. The summed E-state index contributed by atoms with van der Waals surface area (Å²) < 4.78 is 0. The van der Waals surface area contributed by atoms with Crippen LogP contribution < -0.4 is 5.32 Å². The molecular weight excluding hydrogens is 298 g/mol. The molecule has 0 amide bonds. The van der Waals surface area contributed by atoms with Crippen molar-refractivity contribution in [3.63, 3.8) is 0 Å². The van der Waals surface area contributed by atoms with Crippen molar-refractivity contribution in [1.82, 2.24) is 15.2 Å². The highest BCUT2D eigenvalue weighted by atomic mass is 32.2. The molecule has 3 rings (SSSR count). The van der Waals surface area contributed by atoms with Gasteiger partial charge in [0.1, 0.15) is 0 Å². The van der Waals surface area contributed by atoms with Crippen LogP contribution in [0.3, 0.4) is 0 Å². The molecule has 1 aromatic rings. The summed E-state index contributed by atoms with van der Waals surface area (Å²) in [4.78, 5) is 6.80. The lowest BCUT2D eigenvalue weighted by molar-refractivity contribution is 0.179. The van der Waals surface area contributed by atoms with Crippen LogP contribution in [-0.2, 0) is 6.54 Å². The molecule has 0 aliphatic carbocycles. The molecule has 1 N–H and O–H groups in total. The van der Waals surface area contributed by atoms with Crippen molar-refractivity contribution >= 4 is 23.5 Å². The molecule has 3 heterocycles. The number of aromatic nitrogens is 1. The van der Waals surface area contributed by atoms with E-state index in [1.807, 2.05) is 18.5 Å². The molecule has 1 atom stereocenters. The SMILES string of the molecule is c1cncc(CN2CCC[C@@H](NC3CSCCSC3)C2)c1. The van der Waals surface area contributed by atoms with Gasteiger partial charge in [-0.1, -0.05) is 6.07 Å². The van der Waals surface area contributed by atoms with E-state index in [1.54, 1.807) is 0 Å². The maximum Gasteiger partial charge on any atom is 0.0312 e. The molecule has 2 fully saturated rings. The number of rotatable bonds is 4. The highest BCUT2D eigenvalue weighted by Crippen LogP contribution is 2.19. The highest BCUT2D eigenvalue weighted by molar-refractivity contribution is 8.03. The van der Waals surface area contributed by atoms with Gasteiger partial charge in [0.05, 0.1) is 0 Å². The largest absolute Gasteiger partial charge is 0.308 e. The van der Waals surface area contributed by atoms with Gasteiger partial charge < -0.3 is 5.32 Å². The average molecular weight is 324 g/mol. The van der Waals surface area contributed by atoms with Gasteiger partial charge in [-0.05, 0) is 31.0 Å². The molecule has 0 radical (unpaired) electrons. The van der Waals surface area contributed by atoms with E-state index in [1.165, 1.54) is 54.5 Å². The molecule has 3 nitrogen and oxygen atoms in total. The molecule has 0 bridgehead atoms. The van der Waals surface area contributed by atoms with Crippen LogP contribution in [0.1, 0.15) is 18.4 Å². The molecule has 1 aromatic heterocycles. The summed E-state index contributed by atoms with van der Waals surface area (Å²) in [7, 11) is 0. The zero-order chi connectivity index (χ0) is 14.3. The van der Waals surface area contributed by atoms with E-state index in [-0.39, 0.29) is 0 Å². The number of hydrogen-bond donors (Lipinski definition) is 1. The first kappa shape index (κ1) is 15.7.